The number of hydrogen-bond donors (Lipinski definition) is 1. The molecule has 0 spiro atoms. The van der Waals surface area contributed by atoms with Crippen molar-refractivity contribution in [2.45, 2.75) is 14.8 Å². The van der Waals surface area contributed by atoms with Crippen LogP contribution in [0.3, 0.4) is 0 Å². The van der Waals surface area contributed by atoms with E-state index >= 15 is 0 Å². The average Bonchev–Trinajstić information content (AvgIpc) is 2.62. The van der Waals surface area contributed by atoms with E-state index in [1.165, 1.54) is 3.58 Å². The van der Waals surface area contributed by atoms with Crippen molar-refractivity contribution >= 4 is 37.9 Å². The molecule has 0 aliphatic heterocycles. The van der Waals surface area contributed by atoms with Gasteiger partial charge in [0.1, 0.15) is 0 Å². The summed E-state index contributed by atoms with van der Waals surface area (Å²) in [6, 6.07) is 6.64. The van der Waals surface area contributed by atoms with E-state index in [1.54, 1.807) is 4.68 Å². The molecular weight excluding hydrogens is 385 g/mol. The molecule has 0 amide bonds. The summed E-state index contributed by atoms with van der Waals surface area (Å²) in [6.45, 7) is 0. The van der Waals surface area contributed by atoms with Crippen molar-refractivity contribution in [3.8, 4) is 5.69 Å². The molecule has 2 aromatic rings. The van der Waals surface area contributed by atoms with Crippen LogP contribution in [-0.2, 0) is 0 Å². The van der Waals surface area contributed by atoms with Gasteiger partial charge in [-0.25, -0.2) is 0 Å². The minimum absolute atomic E-state index is 1.13. The molecule has 3 nitrogen and oxygen atoms in total. The summed E-state index contributed by atoms with van der Waals surface area (Å²) in [4.78, 5) is 7.25. The number of rotatable bonds is 2. The Kier molecular flexibility index (Phi) is 3.54. The fourth-order valence-electron chi connectivity index (χ4n) is 1.68. The number of aromatic nitrogens is 2. The summed E-state index contributed by atoms with van der Waals surface area (Å²) in [5.74, 6) is 5.68. The van der Waals surface area contributed by atoms with Crippen LogP contribution in [0.2, 0.25) is 14.8 Å². The molecule has 2 rings (SSSR count). The van der Waals surface area contributed by atoms with Crippen LogP contribution in [0, 0.1) is 0 Å². The van der Waals surface area contributed by atoms with Gasteiger partial charge in [-0.1, -0.05) is 0 Å². The Bertz CT molecular complexity index is 543. The molecule has 0 radical (unpaired) electrons. The maximum absolute atomic E-state index is 5.68. The van der Waals surface area contributed by atoms with Crippen LogP contribution < -0.4 is 14.0 Å². The van der Waals surface area contributed by atoms with Crippen molar-refractivity contribution in [3.05, 3.63) is 41.4 Å². The quantitative estimate of drug-likeness (QED) is 0.465. The van der Waals surface area contributed by atoms with E-state index in [-0.39, 0.29) is 0 Å². The van der Waals surface area contributed by atoms with Crippen LogP contribution in [0.25, 0.3) is 5.69 Å². The predicted molar refractivity (Wildman–Crippen MR) is 76.8 cm³/mol. The third-order valence-corrected chi connectivity index (χ3v) is 8.93. The number of nitrogens with zero attached hydrogens (tertiary/aromatic N) is 2. The van der Waals surface area contributed by atoms with Crippen LogP contribution in [0.1, 0.15) is 0 Å². The summed E-state index contributed by atoms with van der Waals surface area (Å²) in [5, 5.41) is 0. The first-order valence-corrected chi connectivity index (χ1v) is 16.3. The molecule has 0 atom stereocenters. The third-order valence-electron chi connectivity index (χ3n) is 2.70. The monoisotopic (exact) mass is 402 g/mol. The van der Waals surface area contributed by atoms with Crippen molar-refractivity contribution < 1.29 is 4.57 Å². The molecule has 90 valence electrons. The number of halogens is 1. The molecule has 2 N–H and O–H groups in total. The van der Waals surface area contributed by atoms with Crippen LogP contribution in [0.5, 0.6) is 0 Å². The summed E-state index contributed by atoms with van der Waals surface area (Å²) >= 11 is 1.55. The third kappa shape index (κ3) is 3.04. The first-order valence-electron chi connectivity index (χ1n) is 5.52. The molecule has 5 heteroatoms. The maximum atomic E-state index is 5.68. The normalized spacial score (nSPS) is 11.8. The van der Waals surface area contributed by atoms with Gasteiger partial charge in [0.2, 0.25) is 0 Å². The zero-order chi connectivity index (χ0) is 12.6. The molecule has 0 aliphatic carbocycles. The SMILES string of the molecule is [CH3][Sn]([CH3])([CH3])[c]1cc(Br)cc(-[n+]2ccn(N)c2)c1. The van der Waals surface area contributed by atoms with Gasteiger partial charge in [0.05, 0.1) is 0 Å². The summed E-state index contributed by atoms with van der Waals surface area (Å²) in [5.41, 5.74) is 1.16. The fourth-order valence-corrected chi connectivity index (χ4v) is 6.10. The first kappa shape index (κ1) is 13.0. The van der Waals surface area contributed by atoms with Gasteiger partial charge in [-0.15, -0.1) is 0 Å². The van der Waals surface area contributed by atoms with Crippen LogP contribution in [0.4, 0.5) is 0 Å². The van der Waals surface area contributed by atoms with Crippen LogP contribution in [0.15, 0.2) is 41.4 Å². The van der Waals surface area contributed by atoms with Crippen LogP contribution >= 0.6 is 15.9 Å². The Morgan fingerprint density at radius 2 is 1.94 bits per heavy atom. The van der Waals surface area contributed by atoms with Crippen LogP contribution in [-0.4, -0.2) is 23.1 Å². The van der Waals surface area contributed by atoms with Gasteiger partial charge >= 0.3 is 115 Å². The second-order valence-electron chi connectivity index (χ2n) is 5.22. The van der Waals surface area contributed by atoms with E-state index in [1.807, 2.05) is 23.3 Å². The molecular formula is C12H17BrN3Sn+. The molecule has 0 fully saturated rings. The molecule has 0 unspecified atom stereocenters. The van der Waals surface area contributed by atoms with Crippen molar-refractivity contribution in [1.82, 2.24) is 4.68 Å². The van der Waals surface area contributed by atoms with Gasteiger partial charge in [-0.05, 0) is 0 Å². The van der Waals surface area contributed by atoms with E-state index in [9.17, 15) is 0 Å². The van der Waals surface area contributed by atoms with Gasteiger partial charge in [-0.2, -0.15) is 0 Å². The number of hydrogen-bond acceptors (Lipinski definition) is 1. The van der Waals surface area contributed by atoms with Gasteiger partial charge < -0.3 is 0 Å². The fraction of sp³-hybridized carbons (Fsp3) is 0.250. The van der Waals surface area contributed by atoms with Gasteiger partial charge in [0, 0.05) is 0 Å². The summed E-state index contributed by atoms with van der Waals surface area (Å²) < 4.78 is 6.22. The zero-order valence-corrected chi connectivity index (χ0v) is 14.8. The number of nitrogens with two attached hydrogens (primary N) is 1. The minimum atomic E-state index is -2.04. The van der Waals surface area contributed by atoms with Crippen molar-refractivity contribution in [2.75, 3.05) is 5.84 Å². The first-order chi connectivity index (χ1) is 7.86. The molecule has 0 aliphatic rings. The van der Waals surface area contributed by atoms with Crippen molar-refractivity contribution in [3.63, 3.8) is 0 Å². The van der Waals surface area contributed by atoms with Crippen molar-refractivity contribution in [2.24, 2.45) is 0 Å². The molecule has 1 heterocycles. The Hall–Kier alpha value is -0.491. The second kappa shape index (κ2) is 4.65. The van der Waals surface area contributed by atoms with Gasteiger partial charge in [0.15, 0.2) is 0 Å². The van der Waals surface area contributed by atoms with E-state index in [0.717, 1.165) is 10.2 Å². The van der Waals surface area contributed by atoms with E-state index in [0.29, 0.717) is 0 Å². The molecule has 0 saturated heterocycles. The number of benzene rings is 1. The average molecular weight is 402 g/mol. The zero-order valence-electron chi connectivity index (χ0n) is 10.3. The number of imidazole rings is 1. The standard InChI is InChI=1S/C9H8BrN3.3CH3.Sn/c10-8-2-1-3-9(6-8)12-4-5-13(11)7-12;;;;/h2-7H,11H2;3*1H3;/q+1;;;;. The number of nitrogen functional groups attached to an aromatic ring is 1. The van der Waals surface area contributed by atoms with E-state index in [2.05, 4.69) is 48.9 Å². The predicted octanol–water partition coefficient (Wildman–Crippen LogP) is 1.79. The Morgan fingerprint density at radius 3 is 2.47 bits per heavy atom. The van der Waals surface area contributed by atoms with Crippen molar-refractivity contribution in [1.29, 1.82) is 0 Å². The summed E-state index contributed by atoms with van der Waals surface area (Å²) in [7, 11) is 0. The molecule has 0 bridgehead atoms. The Labute approximate surface area is 114 Å². The van der Waals surface area contributed by atoms with E-state index in [4.69, 9.17) is 5.84 Å². The Balaban J connectivity index is 2.52. The van der Waals surface area contributed by atoms with Gasteiger partial charge in [-0.3, -0.25) is 0 Å². The molecule has 17 heavy (non-hydrogen) atoms. The Morgan fingerprint density at radius 1 is 1.24 bits per heavy atom. The van der Waals surface area contributed by atoms with E-state index < -0.39 is 18.4 Å². The topological polar surface area (TPSA) is 34.8 Å². The molecule has 0 saturated carbocycles. The van der Waals surface area contributed by atoms with Gasteiger partial charge in [0.25, 0.3) is 0 Å². The molecule has 1 aromatic heterocycles. The molecule has 1 aromatic carbocycles. The second-order valence-corrected chi connectivity index (χ2v) is 20.6. The summed E-state index contributed by atoms with van der Waals surface area (Å²) in [6.07, 6.45) is 5.66.